The first kappa shape index (κ1) is 25.5. The summed E-state index contributed by atoms with van der Waals surface area (Å²) in [5, 5.41) is 3.94. The monoisotopic (exact) mass is 559 g/mol. The molecule has 43 heavy (non-hydrogen) atoms. The van der Waals surface area contributed by atoms with Crippen molar-refractivity contribution in [3.05, 3.63) is 114 Å². The van der Waals surface area contributed by atoms with Crippen molar-refractivity contribution < 1.29 is 0 Å². The van der Waals surface area contributed by atoms with Crippen molar-refractivity contribution in [1.82, 2.24) is 19.9 Å². The Kier molecular flexibility index (Phi) is 6.48. The Bertz CT molecular complexity index is 1990. The van der Waals surface area contributed by atoms with E-state index in [4.69, 9.17) is 9.97 Å². The average molecular weight is 560 g/mol. The normalized spacial score (nSPS) is 14.7. The number of hydrogen-bond donors (Lipinski definition) is 3. The molecule has 1 fully saturated rings. The molecule has 3 aromatic heterocycles. The fourth-order valence-corrected chi connectivity index (χ4v) is 6.56. The first-order valence-corrected chi connectivity index (χ1v) is 15.3. The number of aromatic amines is 2. The minimum atomic E-state index is 0.428. The van der Waals surface area contributed by atoms with Gasteiger partial charge in [-0.1, -0.05) is 79.9 Å². The average Bonchev–Trinajstić information content (AvgIpc) is 3.88. The van der Waals surface area contributed by atoms with E-state index in [0.29, 0.717) is 6.04 Å². The number of nitrogens with zero attached hydrogens (tertiary/aromatic N) is 2. The molecule has 5 heteroatoms. The third-order valence-corrected chi connectivity index (χ3v) is 8.65. The fraction of sp³-hybridized carbons (Fsp3) is 0.158. The van der Waals surface area contributed by atoms with Gasteiger partial charge in [0.25, 0.3) is 0 Å². The van der Waals surface area contributed by atoms with E-state index in [1.807, 2.05) is 0 Å². The summed E-state index contributed by atoms with van der Waals surface area (Å²) in [7, 11) is 0. The van der Waals surface area contributed by atoms with E-state index in [-0.39, 0.29) is 0 Å². The molecule has 5 heterocycles. The zero-order valence-electron chi connectivity index (χ0n) is 24.0. The summed E-state index contributed by atoms with van der Waals surface area (Å²) >= 11 is 0. The minimum absolute atomic E-state index is 0.428. The van der Waals surface area contributed by atoms with Crippen LogP contribution in [0, 0.1) is 0 Å². The third-order valence-electron chi connectivity index (χ3n) is 8.65. The molecular formula is C38H33N5. The van der Waals surface area contributed by atoms with Gasteiger partial charge in [-0.25, -0.2) is 9.97 Å². The number of anilines is 1. The third kappa shape index (κ3) is 4.97. The number of aromatic nitrogens is 4. The quantitative estimate of drug-likeness (QED) is 0.201. The predicted molar refractivity (Wildman–Crippen MR) is 180 cm³/mol. The van der Waals surface area contributed by atoms with Crippen LogP contribution in [0.15, 0.2) is 91.0 Å². The number of fused-ring (bicyclic) bond motifs is 8. The van der Waals surface area contributed by atoms with Crippen LogP contribution >= 0.6 is 0 Å². The van der Waals surface area contributed by atoms with Gasteiger partial charge in [0.05, 0.1) is 34.0 Å². The van der Waals surface area contributed by atoms with Gasteiger partial charge >= 0.3 is 0 Å². The largest absolute Gasteiger partial charge is 0.379 e. The fourth-order valence-electron chi connectivity index (χ4n) is 6.56. The van der Waals surface area contributed by atoms with Crippen LogP contribution < -0.4 is 5.32 Å². The highest BCUT2D eigenvalue weighted by Gasteiger charge is 2.19. The van der Waals surface area contributed by atoms with Gasteiger partial charge in [-0.2, -0.15) is 0 Å². The molecule has 1 saturated carbocycles. The molecular weight excluding hydrogens is 526 g/mol. The van der Waals surface area contributed by atoms with Crippen LogP contribution in [-0.2, 0) is 0 Å². The highest BCUT2D eigenvalue weighted by Crippen LogP contribution is 2.35. The van der Waals surface area contributed by atoms with E-state index in [9.17, 15) is 0 Å². The summed E-state index contributed by atoms with van der Waals surface area (Å²) in [6.07, 6.45) is 14.7. The molecule has 2 aliphatic heterocycles. The zero-order valence-corrected chi connectivity index (χ0v) is 24.0. The first-order valence-electron chi connectivity index (χ1n) is 15.3. The van der Waals surface area contributed by atoms with Crippen LogP contribution in [0.2, 0.25) is 0 Å². The number of benzene rings is 2. The summed E-state index contributed by atoms with van der Waals surface area (Å²) in [5.41, 5.74) is 13.3. The first-order chi connectivity index (χ1) is 21.3. The van der Waals surface area contributed by atoms with Gasteiger partial charge in [-0.3, -0.25) is 0 Å². The smallest absolute Gasteiger partial charge is 0.0890 e. The molecule has 3 N–H and O–H groups in total. The second-order valence-corrected chi connectivity index (χ2v) is 11.6. The van der Waals surface area contributed by atoms with E-state index in [0.717, 1.165) is 72.8 Å². The second kappa shape index (κ2) is 10.9. The molecule has 0 amide bonds. The van der Waals surface area contributed by atoms with E-state index in [1.165, 1.54) is 32.1 Å². The summed E-state index contributed by atoms with van der Waals surface area (Å²) in [6, 6.07) is 32.2. The minimum Gasteiger partial charge on any atom is -0.379 e. The Morgan fingerprint density at radius 1 is 0.558 bits per heavy atom. The lowest BCUT2D eigenvalue weighted by Crippen LogP contribution is -2.22. The van der Waals surface area contributed by atoms with Crippen LogP contribution in [0.4, 0.5) is 5.69 Å². The molecule has 5 nitrogen and oxygen atoms in total. The molecule has 2 aromatic carbocycles. The molecule has 3 aliphatic rings. The summed E-state index contributed by atoms with van der Waals surface area (Å²) in [6.45, 7) is 0. The molecule has 0 spiro atoms. The Balaban J connectivity index is 1.47. The molecule has 210 valence electrons. The maximum Gasteiger partial charge on any atom is 0.0890 e. The van der Waals surface area contributed by atoms with Gasteiger partial charge < -0.3 is 15.3 Å². The van der Waals surface area contributed by atoms with Gasteiger partial charge in [0.2, 0.25) is 0 Å². The van der Waals surface area contributed by atoms with Crippen molar-refractivity contribution in [2.45, 2.75) is 38.1 Å². The highest BCUT2D eigenvalue weighted by atomic mass is 15.0. The number of nitrogens with one attached hydrogen (secondary N) is 3. The van der Waals surface area contributed by atoms with Crippen molar-refractivity contribution in [1.29, 1.82) is 0 Å². The van der Waals surface area contributed by atoms with Crippen molar-refractivity contribution in [2.75, 3.05) is 5.32 Å². The van der Waals surface area contributed by atoms with E-state index in [1.54, 1.807) is 0 Å². The van der Waals surface area contributed by atoms with Crippen LogP contribution in [0.5, 0.6) is 0 Å². The highest BCUT2D eigenvalue weighted by molar-refractivity contribution is 5.96. The molecule has 0 atom stereocenters. The number of H-pyrrole nitrogens is 2. The van der Waals surface area contributed by atoms with Crippen LogP contribution in [0.1, 0.15) is 54.9 Å². The lowest BCUT2D eigenvalue weighted by molar-refractivity contribution is 0.463. The van der Waals surface area contributed by atoms with Gasteiger partial charge in [0, 0.05) is 33.7 Å². The van der Waals surface area contributed by atoms with Crippen molar-refractivity contribution in [2.24, 2.45) is 0 Å². The molecule has 0 unspecified atom stereocenters. The van der Waals surface area contributed by atoms with Crippen molar-refractivity contribution in [3.8, 4) is 22.3 Å². The molecule has 8 rings (SSSR count). The standard InChI is InChI=1S/C38H33N5/c1-4-10-25(11-5-1)36-30-18-16-28(39-30)24-29-17-19-31(40-29)37(26-12-6-2-7-13-26)33-21-23-35(43-33)38(34-22-20-32(36)42-34)41-27-14-8-3-9-15-27/h1-2,4-7,10-13,16-24,27,39,41,43H,3,8-9,14-15H2. The summed E-state index contributed by atoms with van der Waals surface area (Å²) in [5.74, 6) is 0. The number of rotatable bonds is 4. The van der Waals surface area contributed by atoms with E-state index >= 15 is 0 Å². The Hall–Kier alpha value is -5.16. The van der Waals surface area contributed by atoms with Gasteiger partial charge in [0.15, 0.2) is 0 Å². The zero-order chi connectivity index (χ0) is 28.6. The van der Waals surface area contributed by atoms with Crippen molar-refractivity contribution >= 4 is 52.1 Å². The van der Waals surface area contributed by atoms with E-state index in [2.05, 4.69) is 131 Å². The van der Waals surface area contributed by atoms with Crippen LogP contribution in [-0.4, -0.2) is 26.0 Å². The lowest BCUT2D eigenvalue weighted by atomic mass is 9.95. The second-order valence-electron chi connectivity index (χ2n) is 11.6. The lowest BCUT2D eigenvalue weighted by Gasteiger charge is -2.24. The van der Waals surface area contributed by atoms with Crippen molar-refractivity contribution in [3.63, 3.8) is 0 Å². The van der Waals surface area contributed by atoms with E-state index < -0.39 is 0 Å². The van der Waals surface area contributed by atoms with Gasteiger partial charge in [-0.05, 0) is 78.6 Å². The molecule has 0 saturated heterocycles. The van der Waals surface area contributed by atoms with Gasteiger partial charge in [0.1, 0.15) is 0 Å². The Morgan fingerprint density at radius 3 is 1.91 bits per heavy atom. The summed E-state index contributed by atoms with van der Waals surface area (Å²) < 4.78 is 0. The predicted octanol–water partition coefficient (Wildman–Crippen LogP) is 9.73. The SMILES string of the molecule is C1=Cc2nc1cc1ccc([nH]1)c(-c1ccccc1)c1nc(c(NC3CCCCC3)c3ccc([nH]3)c2-c2ccccc2)C=C1. The topological polar surface area (TPSA) is 69.4 Å². The molecule has 8 bridgehead atoms. The Labute approximate surface area is 251 Å². The van der Waals surface area contributed by atoms with Gasteiger partial charge in [-0.15, -0.1) is 0 Å². The Morgan fingerprint density at radius 2 is 1.16 bits per heavy atom. The maximum atomic E-state index is 5.29. The number of hydrogen-bond acceptors (Lipinski definition) is 3. The maximum absolute atomic E-state index is 5.29. The van der Waals surface area contributed by atoms with Crippen LogP contribution in [0.25, 0.3) is 68.6 Å². The van der Waals surface area contributed by atoms with Crippen LogP contribution in [0.3, 0.4) is 0 Å². The molecule has 5 aromatic rings. The summed E-state index contributed by atoms with van der Waals surface area (Å²) in [4.78, 5) is 17.8. The molecule has 0 radical (unpaired) electrons. The molecule has 1 aliphatic carbocycles.